The molecule has 1 aromatic carbocycles. The number of nitrogens with one attached hydrogen (secondary N) is 1. The molecule has 2 rings (SSSR count). The van der Waals surface area contributed by atoms with Crippen molar-refractivity contribution in [1.82, 2.24) is 5.32 Å². The van der Waals surface area contributed by atoms with Crippen LogP contribution in [0.25, 0.3) is 0 Å². The first-order valence-electron chi connectivity index (χ1n) is 7.34. The fourth-order valence-corrected chi connectivity index (χ4v) is 2.34. The first-order chi connectivity index (χ1) is 9.29. The molecule has 0 aromatic heterocycles. The zero-order chi connectivity index (χ0) is 13.5. The Morgan fingerprint density at radius 1 is 1.42 bits per heavy atom. The molecule has 1 aliphatic rings. The first kappa shape index (κ1) is 14.4. The number of benzene rings is 1. The topological polar surface area (TPSA) is 30.5 Å². The number of hydrogen-bond donors (Lipinski definition) is 1. The fraction of sp³-hybridized carbons (Fsp3) is 0.625. The molecule has 0 radical (unpaired) electrons. The first-order valence-corrected chi connectivity index (χ1v) is 7.34. The minimum atomic E-state index is 0.210. The Bertz CT molecular complexity index is 386. The van der Waals surface area contributed by atoms with Gasteiger partial charge in [0, 0.05) is 18.7 Å². The summed E-state index contributed by atoms with van der Waals surface area (Å²) in [6.45, 7) is 7.81. The van der Waals surface area contributed by atoms with Gasteiger partial charge in [0.05, 0.1) is 6.61 Å². The largest absolute Gasteiger partial charge is 0.488 e. The molecule has 1 unspecified atom stereocenters. The Kier molecular flexibility index (Phi) is 5.67. The van der Waals surface area contributed by atoms with E-state index >= 15 is 0 Å². The van der Waals surface area contributed by atoms with Crippen molar-refractivity contribution >= 4 is 0 Å². The predicted molar refractivity (Wildman–Crippen MR) is 77.6 cm³/mol. The lowest BCUT2D eigenvalue weighted by atomic mass is 10.1. The van der Waals surface area contributed by atoms with Gasteiger partial charge in [0.2, 0.25) is 0 Å². The van der Waals surface area contributed by atoms with E-state index in [1.165, 1.54) is 11.1 Å². The molecule has 0 bridgehead atoms. The summed E-state index contributed by atoms with van der Waals surface area (Å²) in [7, 11) is 0. The highest BCUT2D eigenvalue weighted by Crippen LogP contribution is 2.23. The van der Waals surface area contributed by atoms with Gasteiger partial charge in [-0.2, -0.15) is 0 Å². The molecular formula is C16H25NO2. The average Bonchev–Trinajstić information content (AvgIpc) is 2.43. The Morgan fingerprint density at radius 2 is 2.32 bits per heavy atom. The number of aryl methyl sites for hydroxylation is 1. The number of rotatable bonds is 6. The van der Waals surface area contributed by atoms with Gasteiger partial charge in [-0.05, 0) is 38.8 Å². The average molecular weight is 263 g/mol. The monoisotopic (exact) mass is 263 g/mol. The third kappa shape index (κ3) is 4.51. The number of hydrogen-bond acceptors (Lipinski definition) is 3. The smallest absolute Gasteiger partial charge is 0.124 e. The summed E-state index contributed by atoms with van der Waals surface area (Å²) in [5, 5.41) is 3.44. The minimum absolute atomic E-state index is 0.210. The fourth-order valence-electron chi connectivity index (χ4n) is 2.34. The van der Waals surface area contributed by atoms with Crippen LogP contribution in [0.5, 0.6) is 5.75 Å². The molecule has 0 aliphatic carbocycles. The van der Waals surface area contributed by atoms with E-state index in [-0.39, 0.29) is 6.10 Å². The molecule has 19 heavy (non-hydrogen) atoms. The summed E-state index contributed by atoms with van der Waals surface area (Å²) in [5.41, 5.74) is 2.53. The molecule has 1 atom stereocenters. The maximum absolute atomic E-state index is 6.11. The maximum atomic E-state index is 6.11. The van der Waals surface area contributed by atoms with Crippen molar-refractivity contribution in [3.8, 4) is 5.75 Å². The molecule has 1 saturated heterocycles. The molecule has 0 amide bonds. The third-order valence-corrected chi connectivity index (χ3v) is 3.37. The standard InChI is InChI=1S/C16H25NO2/c1-3-8-17-11-14-10-13(2)6-7-16(14)19-15-5-4-9-18-12-15/h6-7,10,15,17H,3-5,8-9,11-12H2,1-2H3. The van der Waals surface area contributed by atoms with Gasteiger partial charge in [-0.1, -0.05) is 24.6 Å². The van der Waals surface area contributed by atoms with Gasteiger partial charge in [0.25, 0.3) is 0 Å². The lowest BCUT2D eigenvalue weighted by Crippen LogP contribution is -2.28. The van der Waals surface area contributed by atoms with Crippen LogP contribution < -0.4 is 10.1 Å². The summed E-state index contributed by atoms with van der Waals surface area (Å²) >= 11 is 0. The predicted octanol–water partition coefficient (Wildman–Crippen LogP) is 3.05. The summed E-state index contributed by atoms with van der Waals surface area (Å²) in [6, 6.07) is 6.41. The van der Waals surface area contributed by atoms with Crippen LogP contribution in [0.15, 0.2) is 18.2 Å². The van der Waals surface area contributed by atoms with Crippen molar-refractivity contribution in [2.45, 2.75) is 45.8 Å². The summed E-state index contributed by atoms with van der Waals surface area (Å²) in [6.07, 6.45) is 3.55. The molecule has 1 heterocycles. The van der Waals surface area contributed by atoms with E-state index in [0.717, 1.165) is 51.3 Å². The molecule has 106 valence electrons. The van der Waals surface area contributed by atoms with Crippen LogP contribution in [0.2, 0.25) is 0 Å². The zero-order valence-electron chi connectivity index (χ0n) is 12.1. The van der Waals surface area contributed by atoms with Crippen LogP contribution in [-0.4, -0.2) is 25.9 Å². The van der Waals surface area contributed by atoms with Gasteiger partial charge < -0.3 is 14.8 Å². The summed E-state index contributed by atoms with van der Waals surface area (Å²) in [5.74, 6) is 1.00. The molecule has 3 nitrogen and oxygen atoms in total. The van der Waals surface area contributed by atoms with Crippen molar-refractivity contribution in [3.05, 3.63) is 29.3 Å². The van der Waals surface area contributed by atoms with E-state index in [0.29, 0.717) is 0 Å². The molecule has 0 spiro atoms. The minimum Gasteiger partial charge on any atom is -0.488 e. The van der Waals surface area contributed by atoms with E-state index in [4.69, 9.17) is 9.47 Å². The van der Waals surface area contributed by atoms with Gasteiger partial charge in [-0.15, -0.1) is 0 Å². The van der Waals surface area contributed by atoms with Crippen molar-refractivity contribution in [3.63, 3.8) is 0 Å². The van der Waals surface area contributed by atoms with Crippen molar-refractivity contribution in [1.29, 1.82) is 0 Å². The Morgan fingerprint density at radius 3 is 3.05 bits per heavy atom. The second-order valence-corrected chi connectivity index (χ2v) is 5.24. The van der Waals surface area contributed by atoms with E-state index in [9.17, 15) is 0 Å². The van der Waals surface area contributed by atoms with Crippen molar-refractivity contribution in [2.24, 2.45) is 0 Å². The highest BCUT2D eigenvalue weighted by atomic mass is 16.5. The van der Waals surface area contributed by atoms with Crippen LogP contribution in [0, 0.1) is 6.92 Å². The third-order valence-electron chi connectivity index (χ3n) is 3.37. The molecular weight excluding hydrogens is 238 g/mol. The highest BCUT2D eigenvalue weighted by Gasteiger charge is 2.16. The van der Waals surface area contributed by atoms with E-state index in [1.807, 2.05) is 0 Å². The molecule has 1 aromatic rings. The van der Waals surface area contributed by atoms with Gasteiger partial charge in [-0.3, -0.25) is 0 Å². The molecule has 1 fully saturated rings. The van der Waals surface area contributed by atoms with Crippen molar-refractivity contribution in [2.75, 3.05) is 19.8 Å². The SMILES string of the molecule is CCCNCc1cc(C)ccc1OC1CCCOC1. The second kappa shape index (κ2) is 7.51. The lowest BCUT2D eigenvalue weighted by molar-refractivity contribution is 0.00700. The highest BCUT2D eigenvalue weighted by molar-refractivity contribution is 5.37. The lowest BCUT2D eigenvalue weighted by Gasteiger charge is -2.24. The number of ether oxygens (including phenoxy) is 2. The second-order valence-electron chi connectivity index (χ2n) is 5.24. The zero-order valence-corrected chi connectivity index (χ0v) is 12.1. The Labute approximate surface area is 116 Å². The molecule has 1 N–H and O–H groups in total. The van der Waals surface area contributed by atoms with Gasteiger partial charge >= 0.3 is 0 Å². The van der Waals surface area contributed by atoms with E-state index in [2.05, 4.69) is 37.4 Å². The van der Waals surface area contributed by atoms with Crippen LogP contribution in [0.4, 0.5) is 0 Å². The van der Waals surface area contributed by atoms with E-state index < -0.39 is 0 Å². The Hall–Kier alpha value is -1.06. The van der Waals surface area contributed by atoms with Gasteiger partial charge in [0.1, 0.15) is 11.9 Å². The van der Waals surface area contributed by atoms with E-state index in [1.54, 1.807) is 0 Å². The van der Waals surface area contributed by atoms with Crippen LogP contribution in [0.1, 0.15) is 37.3 Å². The van der Waals surface area contributed by atoms with Gasteiger partial charge in [-0.25, -0.2) is 0 Å². The van der Waals surface area contributed by atoms with Crippen molar-refractivity contribution < 1.29 is 9.47 Å². The summed E-state index contributed by atoms with van der Waals surface area (Å²) < 4.78 is 11.6. The molecule has 1 aliphatic heterocycles. The Balaban J connectivity index is 2.00. The normalized spacial score (nSPS) is 19.4. The van der Waals surface area contributed by atoms with Crippen LogP contribution >= 0.6 is 0 Å². The van der Waals surface area contributed by atoms with Crippen LogP contribution in [0.3, 0.4) is 0 Å². The molecule has 3 heteroatoms. The quantitative estimate of drug-likeness (QED) is 0.800. The van der Waals surface area contributed by atoms with Crippen LogP contribution in [-0.2, 0) is 11.3 Å². The summed E-state index contributed by atoms with van der Waals surface area (Å²) in [4.78, 5) is 0. The molecule has 0 saturated carbocycles. The maximum Gasteiger partial charge on any atom is 0.124 e. The van der Waals surface area contributed by atoms with Gasteiger partial charge in [0.15, 0.2) is 0 Å².